The van der Waals surface area contributed by atoms with Gasteiger partial charge in [-0.15, -0.1) is 0 Å². The molecule has 6 heteroatoms. The lowest BCUT2D eigenvalue weighted by atomic mass is 10.0. The van der Waals surface area contributed by atoms with E-state index >= 15 is 0 Å². The maximum atomic E-state index is 12.8. The van der Waals surface area contributed by atoms with Crippen LogP contribution in [0.25, 0.3) is 0 Å². The summed E-state index contributed by atoms with van der Waals surface area (Å²) in [5, 5.41) is 12.2. The number of carboxylic acid groups (broad SMARTS) is 1. The normalized spacial score (nSPS) is 14.8. The molecule has 26 heavy (non-hydrogen) atoms. The quantitative estimate of drug-likeness (QED) is 0.673. The lowest BCUT2D eigenvalue weighted by Crippen LogP contribution is -2.53. The van der Waals surface area contributed by atoms with Crippen molar-refractivity contribution in [1.29, 1.82) is 0 Å². The molecule has 1 aromatic carbocycles. The third-order valence-electron chi connectivity index (χ3n) is 4.99. The predicted molar refractivity (Wildman–Crippen MR) is 107 cm³/mol. The van der Waals surface area contributed by atoms with Crippen LogP contribution in [0.4, 0.5) is 0 Å². The first kappa shape index (κ1) is 22.4. The lowest BCUT2D eigenvalue weighted by Gasteiger charge is -2.40. The van der Waals surface area contributed by atoms with Gasteiger partial charge in [0.1, 0.15) is 12.1 Å². The van der Waals surface area contributed by atoms with Gasteiger partial charge in [-0.05, 0) is 29.6 Å². The number of carbonyl (C=O) groups excluding carboxylic acids is 1. The first-order valence-electron chi connectivity index (χ1n) is 9.10. The second-order valence-corrected chi connectivity index (χ2v) is 13.4. The van der Waals surface area contributed by atoms with E-state index in [4.69, 9.17) is 4.43 Å². The molecule has 0 aliphatic rings. The van der Waals surface area contributed by atoms with Crippen molar-refractivity contribution in [3.05, 3.63) is 35.9 Å². The van der Waals surface area contributed by atoms with Crippen molar-refractivity contribution in [2.24, 2.45) is 5.92 Å². The fourth-order valence-corrected chi connectivity index (χ4v) is 3.66. The van der Waals surface area contributed by atoms with Crippen LogP contribution in [0.5, 0.6) is 0 Å². The van der Waals surface area contributed by atoms with Crippen molar-refractivity contribution >= 4 is 20.2 Å². The summed E-state index contributed by atoms with van der Waals surface area (Å²) in [6.45, 7) is 14.4. The standard InChI is InChI=1S/C20H33NO4Si/c1-14(2)17(25-26(6,7)20(3,4)5)18(22)21-16(19(23)24)13-15-11-9-8-10-12-15/h8-12,14,16-17H,13H2,1-7H3,(H,21,22)(H,23,24)/t16-,17-/m0/s1. The maximum absolute atomic E-state index is 12.8. The van der Waals surface area contributed by atoms with Gasteiger partial charge in [-0.3, -0.25) is 4.79 Å². The van der Waals surface area contributed by atoms with Crippen LogP contribution in [0.1, 0.15) is 40.2 Å². The highest BCUT2D eigenvalue weighted by Crippen LogP contribution is 2.38. The lowest BCUT2D eigenvalue weighted by molar-refractivity contribution is -0.143. The largest absolute Gasteiger partial charge is 0.480 e. The number of amides is 1. The molecule has 0 fully saturated rings. The zero-order valence-corrected chi connectivity index (χ0v) is 18.0. The molecule has 0 spiro atoms. The summed E-state index contributed by atoms with van der Waals surface area (Å²) < 4.78 is 6.29. The summed E-state index contributed by atoms with van der Waals surface area (Å²) in [6.07, 6.45) is -0.416. The van der Waals surface area contributed by atoms with Crippen LogP contribution in [-0.4, -0.2) is 37.4 Å². The number of benzene rings is 1. The Labute approximate surface area is 158 Å². The maximum Gasteiger partial charge on any atom is 0.326 e. The van der Waals surface area contributed by atoms with Crippen LogP contribution in [0.2, 0.25) is 18.1 Å². The van der Waals surface area contributed by atoms with Crippen molar-refractivity contribution in [2.45, 2.75) is 71.3 Å². The summed E-state index contributed by atoms with van der Waals surface area (Å²) in [7, 11) is -2.15. The molecule has 2 N–H and O–H groups in total. The van der Waals surface area contributed by atoms with Crippen molar-refractivity contribution in [3.63, 3.8) is 0 Å². The monoisotopic (exact) mass is 379 g/mol. The third-order valence-corrected chi connectivity index (χ3v) is 9.44. The minimum absolute atomic E-state index is 0.0311. The van der Waals surface area contributed by atoms with Crippen LogP contribution in [-0.2, 0) is 20.4 Å². The average molecular weight is 380 g/mol. The Bertz CT molecular complexity index is 608. The topological polar surface area (TPSA) is 75.6 Å². The molecule has 0 saturated heterocycles. The molecule has 2 atom stereocenters. The van der Waals surface area contributed by atoms with E-state index in [-0.39, 0.29) is 23.3 Å². The van der Waals surface area contributed by atoms with Gasteiger partial charge in [-0.2, -0.15) is 0 Å². The molecule has 1 aromatic rings. The average Bonchev–Trinajstić information content (AvgIpc) is 2.51. The molecule has 0 heterocycles. The second kappa shape index (κ2) is 8.82. The van der Waals surface area contributed by atoms with Crippen molar-refractivity contribution in [2.75, 3.05) is 0 Å². The number of hydrogen-bond acceptors (Lipinski definition) is 3. The first-order valence-corrected chi connectivity index (χ1v) is 12.0. The second-order valence-electron chi connectivity index (χ2n) is 8.63. The fourth-order valence-electron chi connectivity index (χ4n) is 2.29. The molecule has 0 bridgehead atoms. The molecule has 1 rings (SSSR count). The Morgan fingerprint density at radius 3 is 2.12 bits per heavy atom. The summed E-state index contributed by atoms with van der Waals surface area (Å²) >= 11 is 0. The molecule has 0 radical (unpaired) electrons. The molecule has 1 amide bonds. The van der Waals surface area contributed by atoms with Gasteiger partial charge >= 0.3 is 5.97 Å². The van der Waals surface area contributed by atoms with E-state index in [9.17, 15) is 14.7 Å². The highest BCUT2D eigenvalue weighted by Gasteiger charge is 2.42. The molecule has 146 valence electrons. The fraction of sp³-hybridized carbons (Fsp3) is 0.600. The summed E-state index contributed by atoms with van der Waals surface area (Å²) in [6, 6.07) is 8.32. The Morgan fingerprint density at radius 1 is 1.15 bits per heavy atom. The number of hydrogen-bond donors (Lipinski definition) is 2. The van der Waals surface area contributed by atoms with Crippen LogP contribution in [0.15, 0.2) is 30.3 Å². The SMILES string of the molecule is CC(C)[C@H](O[Si](C)(C)C(C)(C)C)C(=O)N[C@@H](Cc1ccccc1)C(=O)O. The molecule has 0 unspecified atom stereocenters. The van der Waals surface area contributed by atoms with Gasteiger partial charge in [-0.25, -0.2) is 4.79 Å². The first-order chi connectivity index (χ1) is 11.8. The summed E-state index contributed by atoms with van der Waals surface area (Å²) in [5.74, 6) is -1.44. The van der Waals surface area contributed by atoms with Crippen LogP contribution >= 0.6 is 0 Å². The number of rotatable bonds is 8. The Balaban J connectivity index is 2.92. The van der Waals surface area contributed by atoms with Crippen molar-refractivity contribution < 1.29 is 19.1 Å². The van der Waals surface area contributed by atoms with Crippen molar-refractivity contribution in [1.82, 2.24) is 5.32 Å². The Kier molecular flexibility index (Phi) is 7.59. The molecule has 5 nitrogen and oxygen atoms in total. The predicted octanol–water partition coefficient (Wildman–Crippen LogP) is 3.84. The van der Waals surface area contributed by atoms with Gasteiger partial charge < -0.3 is 14.8 Å². The van der Waals surface area contributed by atoms with Crippen LogP contribution < -0.4 is 5.32 Å². The van der Waals surface area contributed by atoms with Gasteiger partial charge in [0.2, 0.25) is 5.91 Å². The molecular formula is C20H33NO4Si. The third kappa shape index (κ3) is 6.25. The number of carbonyl (C=O) groups is 2. The van der Waals surface area contributed by atoms with E-state index in [0.717, 1.165) is 5.56 Å². The van der Waals surface area contributed by atoms with Crippen LogP contribution in [0.3, 0.4) is 0 Å². The minimum atomic E-state index is -2.15. The van der Waals surface area contributed by atoms with Gasteiger partial charge in [0, 0.05) is 6.42 Å². The Morgan fingerprint density at radius 2 is 1.69 bits per heavy atom. The van der Waals surface area contributed by atoms with E-state index in [1.54, 1.807) is 0 Å². The molecule has 0 aromatic heterocycles. The Hall–Kier alpha value is -1.66. The number of nitrogens with one attached hydrogen (secondary N) is 1. The van der Waals surface area contributed by atoms with Crippen molar-refractivity contribution in [3.8, 4) is 0 Å². The minimum Gasteiger partial charge on any atom is -0.480 e. The van der Waals surface area contributed by atoms with Gasteiger partial charge in [0.25, 0.3) is 0 Å². The highest BCUT2D eigenvalue weighted by atomic mass is 28.4. The van der Waals surface area contributed by atoms with E-state index in [0.29, 0.717) is 0 Å². The van der Waals surface area contributed by atoms with E-state index in [1.165, 1.54) is 0 Å². The van der Waals surface area contributed by atoms with E-state index < -0.39 is 26.4 Å². The van der Waals surface area contributed by atoms with Crippen LogP contribution in [0, 0.1) is 5.92 Å². The van der Waals surface area contributed by atoms with E-state index in [2.05, 4.69) is 39.2 Å². The number of carboxylic acids is 1. The summed E-state index contributed by atoms with van der Waals surface area (Å²) in [5.41, 5.74) is 0.867. The number of aliphatic carboxylic acids is 1. The van der Waals surface area contributed by atoms with Gasteiger partial charge in [0.15, 0.2) is 8.32 Å². The molecular weight excluding hydrogens is 346 g/mol. The smallest absolute Gasteiger partial charge is 0.326 e. The molecule has 0 saturated carbocycles. The zero-order valence-electron chi connectivity index (χ0n) is 17.0. The summed E-state index contributed by atoms with van der Waals surface area (Å²) in [4.78, 5) is 24.4. The zero-order chi connectivity index (χ0) is 20.1. The molecule has 0 aliphatic heterocycles. The highest BCUT2D eigenvalue weighted by molar-refractivity contribution is 6.74. The van der Waals surface area contributed by atoms with E-state index in [1.807, 2.05) is 44.2 Å². The van der Waals surface area contributed by atoms with Gasteiger partial charge in [0.05, 0.1) is 0 Å². The van der Waals surface area contributed by atoms with Gasteiger partial charge in [-0.1, -0.05) is 65.0 Å². The molecule has 0 aliphatic carbocycles.